The largest absolute Gasteiger partial charge is 0.466 e. The molecule has 0 spiro atoms. The molecule has 1 aromatic heterocycles. The van der Waals surface area contributed by atoms with Gasteiger partial charge in [-0.05, 0) is 26.0 Å². The zero-order chi connectivity index (χ0) is 16.6. The Morgan fingerprint density at radius 1 is 1.22 bits per heavy atom. The van der Waals surface area contributed by atoms with Crippen molar-refractivity contribution in [3.05, 3.63) is 59.5 Å². The van der Waals surface area contributed by atoms with Crippen LogP contribution in [0.15, 0.2) is 47.1 Å². The van der Waals surface area contributed by atoms with E-state index in [1.165, 1.54) is 6.26 Å². The van der Waals surface area contributed by atoms with E-state index in [9.17, 15) is 14.4 Å². The molecule has 2 heterocycles. The first kappa shape index (κ1) is 15.0. The second kappa shape index (κ2) is 5.39. The van der Waals surface area contributed by atoms with Crippen LogP contribution in [0.5, 0.6) is 0 Å². The zero-order valence-electron chi connectivity index (χ0n) is 12.8. The number of amides is 3. The summed E-state index contributed by atoms with van der Waals surface area (Å²) in [4.78, 5) is 37.9. The Labute approximate surface area is 133 Å². The number of carbonyl (C=O) groups excluding carboxylic acids is 3. The molecule has 23 heavy (non-hydrogen) atoms. The quantitative estimate of drug-likeness (QED) is 0.693. The number of nitrogens with one attached hydrogen (secondary N) is 1. The Bertz CT molecular complexity index is 764. The normalized spacial score (nSPS) is 20.7. The molecule has 1 atom stereocenters. The van der Waals surface area contributed by atoms with Gasteiger partial charge in [0.05, 0.1) is 12.8 Å². The number of Topliss-reactive ketones (excluding diaryl/α,β-unsaturated/α-hetero) is 1. The fourth-order valence-electron chi connectivity index (χ4n) is 2.54. The predicted octanol–water partition coefficient (Wildman–Crippen LogP) is 2.24. The molecule has 3 rings (SSSR count). The number of rotatable bonds is 4. The number of ketones is 1. The molecule has 0 bridgehead atoms. The van der Waals surface area contributed by atoms with Crippen molar-refractivity contribution in [1.82, 2.24) is 10.2 Å². The van der Waals surface area contributed by atoms with E-state index in [0.29, 0.717) is 11.3 Å². The van der Waals surface area contributed by atoms with Gasteiger partial charge in [-0.3, -0.25) is 14.5 Å². The minimum Gasteiger partial charge on any atom is -0.466 e. The molecular formula is C17H16N2O4. The maximum Gasteiger partial charge on any atom is 0.325 e. The van der Waals surface area contributed by atoms with Gasteiger partial charge in [0.2, 0.25) is 0 Å². The molecule has 6 heteroatoms. The number of carbonyl (C=O) groups is 3. The Kier molecular flexibility index (Phi) is 3.52. The molecular weight excluding hydrogens is 296 g/mol. The number of hydrogen-bond donors (Lipinski definition) is 1. The van der Waals surface area contributed by atoms with Gasteiger partial charge in [-0.25, -0.2) is 4.79 Å². The Morgan fingerprint density at radius 2 is 1.91 bits per heavy atom. The highest BCUT2D eigenvalue weighted by atomic mass is 16.3. The van der Waals surface area contributed by atoms with Crippen molar-refractivity contribution >= 4 is 17.7 Å². The lowest BCUT2D eigenvalue weighted by Gasteiger charge is -2.18. The molecule has 2 aromatic rings. The van der Waals surface area contributed by atoms with E-state index in [1.54, 1.807) is 31.2 Å². The number of aryl methyl sites for hydroxylation is 1. The summed E-state index contributed by atoms with van der Waals surface area (Å²) >= 11 is 0. The third kappa shape index (κ3) is 2.52. The molecule has 1 saturated heterocycles. The van der Waals surface area contributed by atoms with Crippen molar-refractivity contribution in [3.63, 3.8) is 0 Å². The van der Waals surface area contributed by atoms with Crippen molar-refractivity contribution in [2.75, 3.05) is 6.54 Å². The molecule has 0 saturated carbocycles. The molecule has 1 N–H and O–H groups in total. The van der Waals surface area contributed by atoms with Gasteiger partial charge >= 0.3 is 6.03 Å². The van der Waals surface area contributed by atoms with Crippen molar-refractivity contribution in [2.45, 2.75) is 19.4 Å². The van der Waals surface area contributed by atoms with Crippen LogP contribution in [-0.4, -0.2) is 29.2 Å². The second-order valence-corrected chi connectivity index (χ2v) is 5.71. The number of imide groups is 1. The fourth-order valence-corrected chi connectivity index (χ4v) is 2.54. The first-order valence-corrected chi connectivity index (χ1v) is 7.20. The maximum absolute atomic E-state index is 12.6. The van der Waals surface area contributed by atoms with E-state index < -0.39 is 17.5 Å². The molecule has 1 fully saturated rings. The third-order valence-electron chi connectivity index (χ3n) is 3.96. The van der Waals surface area contributed by atoms with E-state index in [0.717, 1.165) is 10.5 Å². The highest BCUT2D eigenvalue weighted by molar-refractivity contribution is 6.11. The summed E-state index contributed by atoms with van der Waals surface area (Å²) in [7, 11) is 0. The maximum atomic E-state index is 12.6. The van der Waals surface area contributed by atoms with Crippen LogP contribution in [0, 0.1) is 6.92 Å². The number of benzene rings is 1. The van der Waals surface area contributed by atoms with E-state index in [1.807, 2.05) is 19.1 Å². The van der Waals surface area contributed by atoms with Crippen LogP contribution in [0.1, 0.15) is 28.6 Å². The first-order valence-electron chi connectivity index (χ1n) is 7.20. The summed E-state index contributed by atoms with van der Waals surface area (Å²) in [5.74, 6) is -0.462. The van der Waals surface area contributed by atoms with Gasteiger partial charge in [-0.2, -0.15) is 0 Å². The average molecular weight is 312 g/mol. The lowest BCUT2D eigenvalue weighted by molar-refractivity contribution is -0.131. The molecule has 1 aliphatic heterocycles. The molecule has 3 amide bonds. The van der Waals surface area contributed by atoms with Crippen molar-refractivity contribution in [3.8, 4) is 0 Å². The fraction of sp³-hybridized carbons (Fsp3) is 0.235. The Morgan fingerprint density at radius 3 is 2.52 bits per heavy atom. The van der Waals surface area contributed by atoms with Crippen LogP contribution in [0.4, 0.5) is 4.79 Å². The van der Waals surface area contributed by atoms with Crippen molar-refractivity contribution in [1.29, 1.82) is 0 Å². The summed E-state index contributed by atoms with van der Waals surface area (Å²) < 4.78 is 5.24. The van der Waals surface area contributed by atoms with E-state index in [4.69, 9.17) is 4.42 Å². The first-order chi connectivity index (χ1) is 10.9. The lowest BCUT2D eigenvalue weighted by atomic mass is 9.99. The monoisotopic (exact) mass is 312 g/mol. The third-order valence-corrected chi connectivity index (χ3v) is 3.96. The number of hydrogen-bond acceptors (Lipinski definition) is 4. The summed E-state index contributed by atoms with van der Waals surface area (Å²) in [5, 5.41) is 2.59. The van der Waals surface area contributed by atoms with Gasteiger partial charge in [0.1, 0.15) is 5.76 Å². The van der Waals surface area contributed by atoms with Crippen molar-refractivity contribution in [2.24, 2.45) is 0 Å². The van der Waals surface area contributed by atoms with Gasteiger partial charge in [0.15, 0.2) is 11.3 Å². The van der Waals surface area contributed by atoms with E-state index >= 15 is 0 Å². The molecule has 6 nitrogen and oxygen atoms in total. The minimum atomic E-state index is -1.28. The van der Waals surface area contributed by atoms with E-state index in [2.05, 4.69) is 5.32 Å². The molecule has 118 valence electrons. The smallest absolute Gasteiger partial charge is 0.325 e. The topological polar surface area (TPSA) is 79.6 Å². The predicted molar refractivity (Wildman–Crippen MR) is 81.8 cm³/mol. The van der Waals surface area contributed by atoms with Gasteiger partial charge in [0, 0.05) is 5.56 Å². The highest BCUT2D eigenvalue weighted by Crippen LogP contribution is 2.29. The minimum absolute atomic E-state index is 0.294. The lowest BCUT2D eigenvalue weighted by Crippen LogP contribution is -2.41. The number of urea groups is 1. The molecule has 1 aliphatic rings. The number of furan rings is 1. The summed E-state index contributed by atoms with van der Waals surface area (Å²) in [6.45, 7) is 3.17. The van der Waals surface area contributed by atoms with Crippen LogP contribution >= 0.6 is 0 Å². The molecule has 1 aromatic carbocycles. The van der Waals surface area contributed by atoms with Gasteiger partial charge in [0.25, 0.3) is 5.91 Å². The standard InChI is InChI=1S/C17H16N2O4/c1-11-5-7-12(8-6-11)13(20)10-19-15(21)17(2,18-16(19)22)14-4-3-9-23-14/h3-9H,10H2,1-2H3,(H,18,22). The van der Waals surface area contributed by atoms with E-state index in [-0.39, 0.29) is 12.3 Å². The van der Waals surface area contributed by atoms with Crippen LogP contribution in [0.25, 0.3) is 0 Å². The molecule has 0 radical (unpaired) electrons. The van der Waals surface area contributed by atoms with Crippen molar-refractivity contribution < 1.29 is 18.8 Å². The molecule has 1 unspecified atom stereocenters. The van der Waals surface area contributed by atoms with Gasteiger partial charge < -0.3 is 9.73 Å². The van der Waals surface area contributed by atoms with Crippen LogP contribution in [-0.2, 0) is 10.3 Å². The summed E-state index contributed by atoms with van der Waals surface area (Å²) in [6, 6.07) is 9.64. The summed E-state index contributed by atoms with van der Waals surface area (Å²) in [6.07, 6.45) is 1.43. The highest BCUT2D eigenvalue weighted by Gasteiger charge is 2.51. The number of nitrogens with zero attached hydrogens (tertiary/aromatic N) is 1. The second-order valence-electron chi connectivity index (χ2n) is 5.71. The van der Waals surface area contributed by atoms with Gasteiger partial charge in [-0.1, -0.05) is 29.8 Å². The van der Waals surface area contributed by atoms with Gasteiger partial charge in [-0.15, -0.1) is 0 Å². The Balaban J connectivity index is 1.81. The Hall–Kier alpha value is -2.89. The van der Waals surface area contributed by atoms with Crippen LogP contribution < -0.4 is 5.32 Å². The SMILES string of the molecule is Cc1ccc(C(=O)CN2C(=O)NC(C)(c3ccco3)C2=O)cc1. The molecule has 0 aliphatic carbocycles. The van der Waals surface area contributed by atoms with Crippen LogP contribution in [0.2, 0.25) is 0 Å². The average Bonchev–Trinajstić information content (AvgIpc) is 3.12. The summed E-state index contributed by atoms with van der Waals surface area (Å²) in [5.41, 5.74) is 0.207. The zero-order valence-corrected chi connectivity index (χ0v) is 12.8. The van der Waals surface area contributed by atoms with Crippen LogP contribution in [0.3, 0.4) is 0 Å².